The van der Waals surface area contributed by atoms with E-state index in [0.29, 0.717) is 34.0 Å². The van der Waals surface area contributed by atoms with Crippen LogP contribution in [0, 0.1) is 29.6 Å². The van der Waals surface area contributed by atoms with Crippen molar-refractivity contribution >= 4 is 58.6 Å². The third kappa shape index (κ3) is 5.24. The molecule has 2 N–H and O–H groups in total. The number of hydrogen-bond acceptors (Lipinski definition) is 9. The van der Waals surface area contributed by atoms with Crippen LogP contribution in [0.25, 0.3) is 6.08 Å². The Balaban J connectivity index is 1.45. The minimum atomic E-state index is -1.50. The number of fused-ring (bicyclic) bond motifs is 4. The summed E-state index contributed by atoms with van der Waals surface area (Å²) in [5.74, 6) is -4.28. The average Bonchev–Trinajstić information content (AvgIpc) is 3.48. The van der Waals surface area contributed by atoms with Gasteiger partial charge in [-0.2, -0.15) is 5.01 Å². The maximum absolute atomic E-state index is 15.2. The molecule has 0 radical (unpaired) electrons. The summed E-state index contributed by atoms with van der Waals surface area (Å²) in [4.78, 5) is 58.0. The van der Waals surface area contributed by atoms with E-state index in [1.54, 1.807) is 61.7 Å². The normalized spacial score (nSPS) is 26.9. The highest BCUT2D eigenvalue weighted by Crippen LogP contribution is 2.61. The van der Waals surface area contributed by atoms with Crippen LogP contribution in [0.4, 0.5) is 5.69 Å². The number of phenolic OH excluding ortho intramolecular Hbond substituents is 1. The molecule has 264 valence electrons. The first-order valence-corrected chi connectivity index (χ1v) is 17.1. The van der Waals surface area contributed by atoms with Crippen molar-refractivity contribution in [2.24, 2.45) is 29.6 Å². The van der Waals surface area contributed by atoms with Crippen molar-refractivity contribution in [3.8, 4) is 23.0 Å². The smallest absolute Gasteiger partial charge is 0.260 e. The van der Waals surface area contributed by atoms with Crippen molar-refractivity contribution in [1.29, 1.82) is 0 Å². The summed E-state index contributed by atoms with van der Waals surface area (Å²) in [7, 11) is 5.88. The predicted molar refractivity (Wildman–Crippen MR) is 189 cm³/mol. The van der Waals surface area contributed by atoms with E-state index in [2.05, 4.69) is 5.43 Å². The van der Waals surface area contributed by atoms with Crippen LogP contribution in [0.2, 0.25) is 10.0 Å². The lowest BCUT2D eigenvalue weighted by molar-refractivity contribution is -0.140. The number of hydrogen-bond donors (Lipinski definition) is 2. The first-order chi connectivity index (χ1) is 24.5. The minimum Gasteiger partial charge on any atom is -0.502 e. The zero-order chi connectivity index (χ0) is 36.4. The quantitative estimate of drug-likeness (QED) is 0.215. The molecule has 2 aliphatic carbocycles. The SMILES string of the molecule is COc1ccc(C23C(=O)N(Nc4ccc(Cl)cc4Cl)C(=O)C2CC2C(=CCC4C(=O)N(C)C(=O)C42)C3C=Cc2cc(OC)c(O)c(OC)c2)cc1. The van der Waals surface area contributed by atoms with Crippen molar-refractivity contribution in [2.45, 2.75) is 18.3 Å². The lowest BCUT2D eigenvalue weighted by Gasteiger charge is -2.49. The first kappa shape index (κ1) is 34.4. The van der Waals surface area contributed by atoms with Crippen LogP contribution in [0.1, 0.15) is 24.0 Å². The number of allylic oxidation sites excluding steroid dienone is 3. The van der Waals surface area contributed by atoms with E-state index in [-0.39, 0.29) is 40.5 Å². The van der Waals surface area contributed by atoms with E-state index in [0.717, 1.165) is 10.6 Å². The maximum Gasteiger partial charge on any atom is 0.260 e. The summed E-state index contributed by atoms with van der Waals surface area (Å²) in [6.45, 7) is 0. The van der Waals surface area contributed by atoms with Gasteiger partial charge in [0, 0.05) is 18.0 Å². The van der Waals surface area contributed by atoms with E-state index in [9.17, 15) is 19.5 Å². The Labute approximate surface area is 304 Å². The molecule has 0 bridgehead atoms. The molecule has 7 rings (SSSR count). The van der Waals surface area contributed by atoms with Crippen molar-refractivity contribution in [2.75, 3.05) is 33.8 Å². The van der Waals surface area contributed by atoms with E-state index >= 15 is 4.79 Å². The molecule has 13 heteroatoms. The van der Waals surface area contributed by atoms with Crippen LogP contribution < -0.4 is 19.6 Å². The number of methoxy groups -OCH3 is 3. The number of anilines is 1. The van der Waals surface area contributed by atoms with E-state index in [4.69, 9.17) is 37.4 Å². The summed E-state index contributed by atoms with van der Waals surface area (Å²) in [5.41, 5.74) is 3.73. The fourth-order valence-corrected chi connectivity index (χ4v) is 8.92. The van der Waals surface area contributed by atoms with Crippen LogP contribution in [0.15, 0.2) is 72.3 Å². The van der Waals surface area contributed by atoms with Crippen molar-refractivity contribution in [1.82, 2.24) is 9.91 Å². The van der Waals surface area contributed by atoms with Gasteiger partial charge in [-0.15, -0.1) is 0 Å². The van der Waals surface area contributed by atoms with Crippen LogP contribution in [-0.2, 0) is 24.6 Å². The number of likely N-dealkylation sites (tertiary alicyclic amines) is 1. The van der Waals surface area contributed by atoms with Crippen molar-refractivity contribution in [3.05, 3.63) is 93.5 Å². The number of nitrogens with zero attached hydrogens (tertiary/aromatic N) is 2. The first-order valence-electron chi connectivity index (χ1n) is 16.3. The van der Waals surface area contributed by atoms with Gasteiger partial charge in [-0.3, -0.25) is 29.5 Å². The Hall–Kier alpha value is -5.00. The van der Waals surface area contributed by atoms with Crippen LogP contribution in [-0.4, -0.2) is 67.0 Å². The molecule has 6 atom stereocenters. The molecule has 0 aromatic heterocycles. The lowest BCUT2D eigenvalue weighted by atomic mass is 9.50. The molecule has 11 nitrogen and oxygen atoms in total. The number of amides is 4. The monoisotopic (exact) mass is 731 g/mol. The van der Waals surface area contributed by atoms with Gasteiger partial charge in [0.2, 0.25) is 17.6 Å². The van der Waals surface area contributed by atoms with Gasteiger partial charge >= 0.3 is 0 Å². The number of phenols is 1. The maximum atomic E-state index is 15.2. The Kier molecular flexibility index (Phi) is 8.75. The number of benzene rings is 3. The Morgan fingerprint density at radius 2 is 1.57 bits per heavy atom. The fraction of sp³-hybridized carbons (Fsp3) is 0.316. The highest BCUT2D eigenvalue weighted by molar-refractivity contribution is 6.36. The summed E-state index contributed by atoms with van der Waals surface area (Å²) < 4.78 is 16.2. The number of halogens is 2. The zero-order valence-corrected chi connectivity index (χ0v) is 29.7. The molecule has 0 spiro atoms. The van der Waals surface area contributed by atoms with Gasteiger partial charge in [-0.05, 0) is 72.4 Å². The summed E-state index contributed by atoms with van der Waals surface area (Å²) >= 11 is 12.7. The summed E-state index contributed by atoms with van der Waals surface area (Å²) in [5, 5.41) is 12.2. The van der Waals surface area contributed by atoms with E-state index in [1.807, 2.05) is 12.2 Å². The number of nitrogens with one attached hydrogen (secondary N) is 1. The van der Waals surface area contributed by atoms with Gasteiger partial charge in [0.25, 0.3) is 11.8 Å². The van der Waals surface area contributed by atoms with Gasteiger partial charge < -0.3 is 19.3 Å². The topological polar surface area (TPSA) is 135 Å². The van der Waals surface area contributed by atoms with E-state index < -0.39 is 46.8 Å². The van der Waals surface area contributed by atoms with Crippen LogP contribution in [0.5, 0.6) is 23.0 Å². The largest absolute Gasteiger partial charge is 0.502 e. The second kappa shape index (κ2) is 13.0. The highest BCUT2D eigenvalue weighted by Gasteiger charge is 2.69. The van der Waals surface area contributed by atoms with E-state index in [1.165, 1.54) is 32.2 Å². The number of hydrazine groups is 1. The number of ether oxygens (including phenoxy) is 3. The Morgan fingerprint density at radius 1 is 0.882 bits per heavy atom. The molecular formula is C38H35Cl2N3O8. The van der Waals surface area contributed by atoms with Gasteiger partial charge in [-0.1, -0.05) is 59.1 Å². The molecule has 6 unspecified atom stereocenters. The molecule has 4 aliphatic rings. The molecule has 3 aromatic carbocycles. The van der Waals surface area contributed by atoms with Crippen LogP contribution >= 0.6 is 23.2 Å². The molecule has 2 heterocycles. The van der Waals surface area contributed by atoms with Gasteiger partial charge in [0.1, 0.15) is 5.75 Å². The van der Waals surface area contributed by atoms with Crippen LogP contribution in [0.3, 0.4) is 0 Å². The van der Waals surface area contributed by atoms with Gasteiger partial charge in [0.15, 0.2) is 11.5 Å². The predicted octanol–water partition coefficient (Wildman–Crippen LogP) is 5.89. The molecule has 2 aliphatic heterocycles. The Bertz CT molecular complexity index is 2010. The fourth-order valence-electron chi connectivity index (χ4n) is 8.46. The molecule has 3 fully saturated rings. The second-order valence-corrected chi connectivity index (χ2v) is 14.0. The molecule has 51 heavy (non-hydrogen) atoms. The molecule has 3 aromatic rings. The molecule has 4 amide bonds. The summed E-state index contributed by atoms with van der Waals surface area (Å²) in [6, 6.07) is 15.0. The number of carbonyl (C=O) groups excluding carboxylic acids is 4. The Morgan fingerprint density at radius 3 is 2.20 bits per heavy atom. The number of imide groups is 2. The zero-order valence-electron chi connectivity index (χ0n) is 28.2. The second-order valence-electron chi connectivity index (χ2n) is 13.1. The van der Waals surface area contributed by atoms with Crippen molar-refractivity contribution in [3.63, 3.8) is 0 Å². The molecule has 2 saturated heterocycles. The minimum absolute atomic E-state index is 0.147. The standard InChI is InChI=1S/C38H35Cl2N3O8/c1-42-34(45)24-12-11-23-25(32(24)36(42)47)18-27-35(46)43(41-29-14-8-21(39)17-28(29)40)37(48)38(27,20-6-9-22(49-2)10-7-20)26(23)13-5-19-15-30(50-3)33(44)31(16-19)51-4/h5-11,13-17,24-27,32,41,44H,12,18H2,1-4H3. The van der Waals surface area contributed by atoms with Crippen molar-refractivity contribution < 1.29 is 38.5 Å². The summed E-state index contributed by atoms with van der Waals surface area (Å²) in [6.07, 6.45) is 6.06. The third-order valence-electron chi connectivity index (χ3n) is 10.8. The molecular weight excluding hydrogens is 697 g/mol. The number of rotatable bonds is 8. The third-order valence-corrected chi connectivity index (χ3v) is 11.4. The number of carbonyl (C=O) groups is 4. The highest BCUT2D eigenvalue weighted by atomic mass is 35.5. The molecule has 1 saturated carbocycles. The van der Waals surface area contributed by atoms with Gasteiger partial charge in [-0.25, -0.2) is 0 Å². The number of aromatic hydroxyl groups is 1. The lowest BCUT2D eigenvalue weighted by Crippen LogP contribution is -2.54. The average molecular weight is 733 g/mol. The van der Waals surface area contributed by atoms with Gasteiger partial charge in [0.05, 0.1) is 55.2 Å².